The van der Waals surface area contributed by atoms with Gasteiger partial charge in [-0.3, -0.25) is 4.79 Å². The molecule has 21 heavy (non-hydrogen) atoms. The molecular weight excluding hydrogens is 260 g/mol. The van der Waals surface area contributed by atoms with Crippen molar-refractivity contribution in [1.82, 2.24) is 0 Å². The second-order valence-electron chi connectivity index (χ2n) is 4.77. The lowest BCUT2D eigenvalue weighted by Gasteiger charge is -2.09. The molecule has 0 spiro atoms. The van der Waals surface area contributed by atoms with Gasteiger partial charge in [-0.05, 0) is 30.2 Å². The van der Waals surface area contributed by atoms with Crippen molar-refractivity contribution in [3.05, 3.63) is 65.2 Å². The standard InChI is InChI=1S/C18H18N2O/c1-14-9-10-16(8-5-11-19)17(12-14)20-18(21)13-15-6-3-2-4-7-15/h2-4,6-7,9-10,12H,11,13,19H2,1H3,(H,20,21). The van der Waals surface area contributed by atoms with Crippen LogP contribution in [0.5, 0.6) is 0 Å². The lowest BCUT2D eigenvalue weighted by Crippen LogP contribution is -2.15. The summed E-state index contributed by atoms with van der Waals surface area (Å²) in [6.07, 6.45) is 0.346. The number of carbonyl (C=O) groups excluding carboxylic acids is 1. The van der Waals surface area contributed by atoms with E-state index in [1.807, 2.05) is 55.5 Å². The molecule has 3 heteroatoms. The van der Waals surface area contributed by atoms with Gasteiger partial charge in [0.05, 0.1) is 18.7 Å². The van der Waals surface area contributed by atoms with Crippen LogP contribution in [-0.2, 0) is 11.2 Å². The summed E-state index contributed by atoms with van der Waals surface area (Å²) in [6, 6.07) is 15.4. The molecule has 0 aromatic heterocycles. The summed E-state index contributed by atoms with van der Waals surface area (Å²) in [6.45, 7) is 2.28. The summed E-state index contributed by atoms with van der Waals surface area (Å²) in [5, 5.41) is 2.93. The second-order valence-corrected chi connectivity index (χ2v) is 4.77. The van der Waals surface area contributed by atoms with Gasteiger partial charge >= 0.3 is 0 Å². The van der Waals surface area contributed by atoms with E-state index in [1.165, 1.54) is 0 Å². The molecule has 106 valence electrons. The molecule has 0 fully saturated rings. The van der Waals surface area contributed by atoms with E-state index in [0.717, 1.165) is 22.4 Å². The molecule has 3 nitrogen and oxygen atoms in total. The van der Waals surface area contributed by atoms with Crippen LogP contribution in [0.15, 0.2) is 48.5 Å². The SMILES string of the molecule is Cc1ccc(C#CCN)c(NC(=O)Cc2ccccc2)c1. The van der Waals surface area contributed by atoms with Gasteiger partial charge in [-0.25, -0.2) is 0 Å². The predicted molar refractivity (Wildman–Crippen MR) is 85.9 cm³/mol. The minimum Gasteiger partial charge on any atom is -0.325 e. The molecule has 2 rings (SSSR count). The van der Waals surface area contributed by atoms with Crippen LogP contribution in [-0.4, -0.2) is 12.5 Å². The zero-order valence-corrected chi connectivity index (χ0v) is 12.0. The van der Waals surface area contributed by atoms with E-state index in [-0.39, 0.29) is 5.91 Å². The molecule has 0 saturated carbocycles. The largest absolute Gasteiger partial charge is 0.325 e. The Morgan fingerprint density at radius 3 is 2.67 bits per heavy atom. The van der Waals surface area contributed by atoms with Gasteiger partial charge in [-0.15, -0.1) is 0 Å². The maximum absolute atomic E-state index is 12.1. The van der Waals surface area contributed by atoms with Crippen LogP contribution in [0.2, 0.25) is 0 Å². The van der Waals surface area contributed by atoms with E-state index in [2.05, 4.69) is 17.2 Å². The van der Waals surface area contributed by atoms with Gasteiger partial charge in [-0.2, -0.15) is 0 Å². The van der Waals surface area contributed by atoms with E-state index in [1.54, 1.807) is 0 Å². The molecule has 1 amide bonds. The summed E-state index contributed by atoms with van der Waals surface area (Å²) < 4.78 is 0. The van der Waals surface area contributed by atoms with Crippen molar-refractivity contribution >= 4 is 11.6 Å². The third-order valence-corrected chi connectivity index (χ3v) is 2.98. The average Bonchev–Trinajstić information content (AvgIpc) is 2.47. The molecule has 0 aliphatic heterocycles. The smallest absolute Gasteiger partial charge is 0.228 e. The first-order chi connectivity index (χ1) is 10.2. The normalized spacial score (nSPS) is 9.62. The molecule has 0 heterocycles. The number of nitrogens with one attached hydrogen (secondary N) is 1. The fraction of sp³-hybridized carbons (Fsp3) is 0.167. The van der Waals surface area contributed by atoms with Gasteiger partial charge in [0.25, 0.3) is 0 Å². The number of nitrogens with two attached hydrogens (primary N) is 1. The van der Waals surface area contributed by atoms with Crippen molar-refractivity contribution < 1.29 is 4.79 Å². The van der Waals surface area contributed by atoms with Crippen LogP contribution in [0.4, 0.5) is 5.69 Å². The number of hydrogen-bond acceptors (Lipinski definition) is 2. The summed E-state index contributed by atoms with van der Waals surface area (Å²) in [4.78, 5) is 12.1. The second kappa shape index (κ2) is 7.28. The van der Waals surface area contributed by atoms with Crippen molar-refractivity contribution in [3.8, 4) is 11.8 Å². The van der Waals surface area contributed by atoms with Gasteiger partial charge in [-0.1, -0.05) is 48.2 Å². The number of carbonyl (C=O) groups is 1. The first kappa shape index (κ1) is 14.8. The Bertz CT molecular complexity index is 681. The highest BCUT2D eigenvalue weighted by Crippen LogP contribution is 2.17. The Morgan fingerprint density at radius 2 is 1.95 bits per heavy atom. The van der Waals surface area contributed by atoms with Crippen molar-refractivity contribution in [3.63, 3.8) is 0 Å². The lowest BCUT2D eigenvalue weighted by atomic mass is 10.1. The Kier molecular flexibility index (Phi) is 5.14. The van der Waals surface area contributed by atoms with Crippen molar-refractivity contribution in [2.75, 3.05) is 11.9 Å². The van der Waals surface area contributed by atoms with Crippen LogP contribution >= 0.6 is 0 Å². The fourth-order valence-corrected chi connectivity index (χ4v) is 1.99. The number of hydrogen-bond donors (Lipinski definition) is 2. The van der Waals surface area contributed by atoms with Crippen LogP contribution in [0.25, 0.3) is 0 Å². The predicted octanol–water partition coefficient (Wildman–Crippen LogP) is 2.49. The zero-order valence-electron chi connectivity index (χ0n) is 12.0. The maximum Gasteiger partial charge on any atom is 0.228 e. The molecule has 0 aliphatic carbocycles. The van der Waals surface area contributed by atoms with E-state index in [4.69, 9.17) is 5.73 Å². The van der Waals surface area contributed by atoms with E-state index >= 15 is 0 Å². The van der Waals surface area contributed by atoms with Gasteiger partial charge < -0.3 is 11.1 Å². The number of benzene rings is 2. The molecule has 2 aromatic rings. The van der Waals surface area contributed by atoms with Gasteiger partial charge in [0, 0.05) is 5.56 Å². The van der Waals surface area contributed by atoms with Crippen LogP contribution in [0.1, 0.15) is 16.7 Å². The molecule has 0 atom stereocenters. The average molecular weight is 278 g/mol. The minimum atomic E-state index is -0.0531. The molecular formula is C18H18N2O. The highest BCUT2D eigenvalue weighted by molar-refractivity contribution is 5.93. The third kappa shape index (κ3) is 4.48. The first-order valence-electron chi connectivity index (χ1n) is 6.82. The van der Waals surface area contributed by atoms with Gasteiger partial charge in [0.1, 0.15) is 0 Å². The van der Waals surface area contributed by atoms with Crippen LogP contribution in [0.3, 0.4) is 0 Å². The zero-order chi connectivity index (χ0) is 15.1. The number of amides is 1. The number of aryl methyl sites for hydroxylation is 1. The first-order valence-corrected chi connectivity index (χ1v) is 6.82. The Labute approximate surface area is 125 Å². The van der Waals surface area contributed by atoms with Crippen molar-refractivity contribution in [2.45, 2.75) is 13.3 Å². The quantitative estimate of drug-likeness (QED) is 0.848. The molecule has 0 radical (unpaired) electrons. The van der Waals surface area contributed by atoms with Crippen LogP contribution in [0, 0.1) is 18.8 Å². The fourth-order valence-electron chi connectivity index (χ4n) is 1.99. The van der Waals surface area contributed by atoms with Crippen molar-refractivity contribution in [1.29, 1.82) is 0 Å². The lowest BCUT2D eigenvalue weighted by molar-refractivity contribution is -0.115. The molecule has 3 N–H and O–H groups in total. The van der Waals surface area contributed by atoms with E-state index in [0.29, 0.717) is 13.0 Å². The van der Waals surface area contributed by atoms with Crippen LogP contribution < -0.4 is 11.1 Å². The summed E-state index contributed by atoms with van der Waals surface area (Å²) in [5.74, 6) is 5.74. The topological polar surface area (TPSA) is 55.1 Å². The van der Waals surface area contributed by atoms with Gasteiger partial charge in [0.2, 0.25) is 5.91 Å². The summed E-state index contributed by atoms with van der Waals surface area (Å²) in [7, 11) is 0. The summed E-state index contributed by atoms with van der Waals surface area (Å²) in [5.41, 5.74) is 8.97. The monoisotopic (exact) mass is 278 g/mol. The Hall–Kier alpha value is -2.57. The highest BCUT2D eigenvalue weighted by atomic mass is 16.1. The third-order valence-electron chi connectivity index (χ3n) is 2.98. The number of rotatable bonds is 3. The summed E-state index contributed by atoms with van der Waals surface area (Å²) >= 11 is 0. The highest BCUT2D eigenvalue weighted by Gasteiger charge is 2.07. The Morgan fingerprint density at radius 1 is 1.19 bits per heavy atom. The molecule has 0 bridgehead atoms. The van der Waals surface area contributed by atoms with E-state index < -0.39 is 0 Å². The van der Waals surface area contributed by atoms with Gasteiger partial charge in [0.15, 0.2) is 0 Å². The molecule has 0 unspecified atom stereocenters. The molecule has 2 aromatic carbocycles. The van der Waals surface area contributed by atoms with Crippen molar-refractivity contribution in [2.24, 2.45) is 5.73 Å². The molecule has 0 aliphatic rings. The maximum atomic E-state index is 12.1. The number of anilines is 1. The van der Waals surface area contributed by atoms with E-state index in [9.17, 15) is 4.79 Å². The molecule has 0 saturated heterocycles. The minimum absolute atomic E-state index is 0.0531. The Balaban J connectivity index is 2.14.